The molecule has 0 saturated heterocycles. The van der Waals surface area contributed by atoms with E-state index in [0.717, 1.165) is 44.9 Å². The predicted molar refractivity (Wildman–Crippen MR) is 138 cm³/mol. The van der Waals surface area contributed by atoms with Crippen LogP contribution < -0.4 is 10.1 Å². The van der Waals surface area contributed by atoms with Gasteiger partial charge in [0, 0.05) is 42.7 Å². The number of H-pyrrole nitrogens is 2. The number of rotatable bonds is 5. The van der Waals surface area contributed by atoms with Crippen LogP contribution in [-0.4, -0.2) is 47.0 Å². The summed E-state index contributed by atoms with van der Waals surface area (Å²) in [7, 11) is 3.50. The van der Waals surface area contributed by atoms with Gasteiger partial charge in [0.1, 0.15) is 5.82 Å². The van der Waals surface area contributed by atoms with Gasteiger partial charge in [0.2, 0.25) is 17.6 Å². The molecule has 0 aliphatic carbocycles. The minimum Gasteiger partial charge on any atom is -0.481 e. The zero-order valence-electron chi connectivity index (χ0n) is 21.1. The molecule has 0 saturated carbocycles. The first-order chi connectivity index (χ1) is 18.5. The second-order valence-electron chi connectivity index (χ2n) is 9.46. The van der Waals surface area contributed by atoms with Crippen LogP contribution >= 0.6 is 0 Å². The van der Waals surface area contributed by atoms with Crippen molar-refractivity contribution in [2.75, 3.05) is 7.11 Å². The fraction of sp³-hybridized carbons (Fsp3) is 0.222. The molecule has 0 amide bonds. The summed E-state index contributed by atoms with van der Waals surface area (Å²) in [6.07, 6.45) is 6.30. The van der Waals surface area contributed by atoms with Gasteiger partial charge in [0.15, 0.2) is 5.54 Å². The quantitative estimate of drug-likeness (QED) is 0.322. The first-order valence-electron chi connectivity index (χ1n) is 12.3. The lowest BCUT2D eigenvalue weighted by atomic mass is 9.79. The third-order valence-electron chi connectivity index (χ3n) is 7.12. The molecule has 6 heterocycles. The second-order valence-corrected chi connectivity index (χ2v) is 9.46. The Bertz CT molecular complexity index is 1740. The molecule has 0 unspecified atom stereocenters. The van der Waals surface area contributed by atoms with Crippen LogP contribution in [-0.2, 0) is 19.0 Å². The number of para-hydroxylation sites is 1. The number of nitrogens with one attached hydrogen (secondary N) is 3. The lowest BCUT2D eigenvalue weighted by Gasteiger charge is -2.39. The summed E-state index contributed by atoms with van der Waals surface area (Å²) in [5, 5.41) is 13.9. The van der Waals surface area contributed by atoms with Crippen LogP contribution in [0.25, 0.3) is 22.3 Å². The van der Waals surface area contributed by atoms with E-state index in [4.69, 9.17) is 19.2 Å². The molecule has 2 atom stereocenters. The normalized spacial score (nSPS) is 19.1. The number of hydrogen-bond acceptors (Lipinski definition) is 8. The van der Waals surface area contributed by atoms with E-state index >= 15 is 0 Å². The maximum atomic E-state index is 5.50. The van der Waals surface area contributed by atoms with Crippen molar-refractivity contribution in [2.45, 2.75) is 24.9 Å². The number of fused-ring (bicyclic) bond motifs is 3. The fourth-order valence-corrected chi connectivity index (χ4v) is 5.41. The van der Waals surface area contributed by atoms with E-state index in [-0.39, 0.29) is 6.04 Å². The van der Waals surface area contributed by atoms with Crippen molar-refractivity contribution in [3.05, 3.63) is 95.4 Å². The largest absolute Gasteiger partial charge is 0.481 e. The molecule has 7 rings (SSSR count). The lowest BCUT2D eigenvalue weighted by Crippen LogP contribution is -2.51. The highest BCUT2D eigenvalue weighted by molar-refractivity contribution is 5.86. The molecule has 0 bridgehead atoms. The highest BCUT2D eigenvalue weighted by Crippen LogP contribution is 2.45. The van der Waals surface area contributed by atoms with Crippen LogP contribution in [0.1, 0.15) is 40.4 Å². The molecule has 190 valence electrons. The summed E-state index contributed by atoms with van der Waals surface area (Å²) in [4.78, 5) is 21.2. The molecule has 6 aromatic rings. The molecular formula is C27H25N9O2. The Morgan fingerprint density at radius 2 is 1.97 bits per heavy atom. The molecule has 0 spiro atoms. The maximum Gasteiger partial charge on any atom is 0.223 e. The van der Waals surface area contributed by atoms with Crippen molar-refractivity contribution in [2.24, 2.45) is 7.05 Å². The zero-order chi connectivity index (χ0) is 25.9. The molecule has 1 aromatic carbocycles. The van der Waals surface area contributed by atoms with Crippen LogP contribution in [0.5, 0.6) is 5.88 Å². The molecule has 1 aliphatic heterocycles. The number of pyridine rings is 1. The SMILES string of the molecule is COc1cccc(-c2cnc([C@H]3Cc4c([nH]c5ccccc45)[C@](c4cnn(C)c4)(c4noc(C)n4)N3)[nH]2)n1. The highest BCUT2D eigenvalue weighted by Gasteiger charge is 2.50. The third-order valence-corrected chi connectivity index (χ3v) is 7.12. The number of imidazole rings is 1. The molecule has 3 N–H and O–H groups in total. The average molecular weight is 508 g/mol. The minimum atomic E-state index is -0.954. The average Bonchev–Trinajstić information content (AvgIpc) is 3.75. The van der Waals surface area contributed by atoms with Gasteiger partial charge in [-0.15, -0.1) is 0 Å². The van der Waals surface area contributed by atoms with Crippen molar-refractivity contribution < 1.29 is 9.26 Å². The van der Waals surface area contributed by atoms with Gasteiger partial charge in [-0.05, 0) is 24.1 Å². The Hall–Kier alpha value is -4.77. The van der Waals surface area contributed by atoms with Crippen LogP contribution in [0.3, 0.4) is 0 Å². The number of aromatic amines is 2. The molecule has 38 heavy (non-hydrogen) atoms. The van der Waals surface area contributed by atoms with Crippen LogP contribution in [0.2, 0.25) is 0 Å². The van der Waals surface area contributed by atoms with Crippen molar-refractivity contribution in [1.29, 1.82) is 0 Å². The third kappa shape index (κ3) is 3.36. The predicted octanol–water partition coefficient (Wildman–Crippen LogP) is 3.57. The molecule has 5 aromatic heterocycles. The number of nitrogens with zero attached hydrogens (tertiary/aromatic N) is 6. The Morgan fingerprint density at radius 1 is 1.08 bits per heavy atom. The topological polar surface area (TPSA) is 135 Å². The number of methoxy groups -OCH3 is 1. The molecule has 11 heteroatoms. The standard InChI is InChI=1S/C27H25N9O2/c1-15-30-26(35-38-15)27(16-12-29-36(2)14-16)24-18(17-7-4-5-8-19(17)32-24)11-21(34-27)25-28-13-22(33-25)20-9-6-10-23(31-20)37-3/h4-10,12-14,21,32,34H,11H2,1-3H3,(H,28,33)/t21-,27-/m1/s1. The number of ether oxygens (including phenoxy) is 1. The highest BCUT2D eigenvalue weighted by atomic mass is 16.5. The van der Waals surface area contributed by atoms with Gasteiger partial charge >= 0.3 is 0 Å². The van der Waals surface area contributed by atoms with Crippen LogP contribution in [0, 0.1) is 6.92 Å². The van der Waals surface area contributed by atoms with Gasteiger partial charge < -0.3 is 19.2 Å². The summed E-state index contributed by atoms with van der Waals surface area (Å²) in [5.74, 6) is 2.30. The fourth-order valence-electron chi connectivity index (χ4n) is 5.41. The van der Waals surface area contributed by atoms with Gasteiger partial charge in [-0.2, -0.15) is 10.1 Å². The number of hydrogen-bond donors (Lipinski definition) is 3. The summed E-state index contributed by atoms with van der Waals surface area (Å²) < 4.78 is 12.6. The van der Waals surface area contributed by atoms with E-state index in [1.54, 1.807) is 24.9 Å². The molecule has 0 fully saturated rings. The Morgan fingerprint density at radius 3 is 2.76 bits per heavy atom. The molecular weight excluding hydrogens is 482 g/mol. The van der Waals surface area contributed by atoms with Crippen molar-refractivity contribution >= 4 is 10.9 Å². The first-order valence-corrected chi connectivity index (χ1v) is 12.3. The number of benzene rings is 1. The minimum absolute atomic E-state index is 0.208. The Labute approximate surface area is 217 Å². The number of aryl methyl sites for hydroxylation is 2. The van der Waals surface area contributed by atoms with E-state index in [0.29, 0.717) is 24.0 Å². The van der Waals surface area contributed by atoms with E-state index in [2.05, 4.69) is 48.7 Å². The lowest BCUT2D eigenvalue weighted by molar-refractivity contribution is 0.317. The van der Waals surface area contributed by atoms with Gasteiger partial charge in [-0.1, -0.05) is 29.4 Å². The van der Waals surface area contributed by atoms with Crippen LogP contribution in [0.4, 0.5) is 0 Å². The van der Waals surface area contributed by atoms with E-state index < -0.39 is 5.54 Å². The molecule has 0 radical (unpaired) electrons. The van der Waals surface area contributed by atoms with Gasteiger partial charge in [-0.25, -0.2) is 9.97 Å². The van der Waals surface area contributed by atoms with Crippen LogP contribution in [0.15, 0.2) is 65.6 Å². The van der Waals surface area contributed by atoms with E-state index in [1.165, 1.54) is 0 Å². The number of aromatic nitrogens is 8. The van der Waals surface area contributed by atoms with E-state index in [9.17, 15) is 0 Å². The van der Waals surface area contributed by atoms with Gasteiger partial charge in [0.05, 0.1) is 42.6 Å². The van der Waals surface area contributed by atoms with E-state index in [1.807, 2.05) is 43.7 Å². The summed E-state index contributed by atoms with van der Waals surface area (Å²) >= 11 is 0. The molecule has 11 nitrogen and oxygen atoms in total. The summed E-state index contributed by atoms with van der Waals surface area (Å²) in [6, 6.07) is 13.7. The summed E-state index contributed by atoms with van der Waals surface area (Å²) in [5.41, 5.74) is 4.64. The van der Waals surface area contributed by atoms with Crippen molar-refractivity contribution in [1.82, 2.24) is 45.2 Å². The van der Waals surface area contributed by atoms with Crippen molar-refractivity contribution in [3.63, 3.8) is 0 Å². The first kappa shape index (κ1) is 22.4. The van der Waals surface area contributed by atoms with Gasteiger partial charge in [-0.3, -0.25) is 10.00 Å². The zero-order valence-corrected chi connectivity index (χ0v) is 21.1. The Kier molecular flexibility index (Phi) is 4.95. The van der Waals surface area contributed by atoms with Gasteiger partial charge in [0.25, 0.3) is 0 Å². The second kappa shape index (κ2) is 8.38. The maximum absolute atomic E-state index is 5.50. The molecule has 1 aliphatic rings. The summed E-state index contributed by atoms with van der Waals surface area (Å²) in [6.45, 7) is 1.79. The smallest absolute Gasteiger partial charge is 0.223 e. The van der Waals surface area contributed by atoms with Crippen molar-refractivity contribution in [3.8, 4) is 17.3 Å². The monoisotopic (exact) mass is 507 g/mol. The Balaban J connectivity index is 1.43.